The first-order valence-corrected chi connectivity index (χ1v) is 4.24. The van der Waals surface area contributed by atoms with Gasteiger partial charge in [-0.15, -0.1) is 0 Å². The van der Waals surface area contributed by atoms with Gasteiger partial charge in [-0.1, -0.05) is 5.16 Å². The Morgan fingerprint density at radius 2 is 2.19 bits per heavy atom. The first-order valence-electron chi connectivity index (χ1n) is 4.24. The predicted octanol–water partition coefficient (Wildman–Crippen LogP) is 0.441. The Morgan fingerprint density at radius 3 is 2.75 bits per heavy atom. The first-order chi connectivity index (χ1) is 7.54. The van der Waals surface area contributed by atoms with Gasteiger partial charge in [0, 0.05) is 6.07 Å². The van der Waals surface area contributed by atoms with Crippen LogP contribution < -0.4 is 11.1 Å². The number of hydrogen-bond donors (Lipinski definition) is 3. The predicted molar refractivity (Wildman–Crippen MR) is 52.1 cm³/mol. The fraction of sp³-hybridized carbons (Fsp3) is 0.111. The molecule has 16 heavy (non-hydrogen) atoms. The molecule has 1 rings (SSSR count). The van der Waals surface area contributed by atoms with Crippen LogP contribution >= 0.6 is 0 Å². The molecule has 0 saturated heterocycles. The van der Waals surface area contributed by atoms with Crippen LogP contribution in [-0.2, 0) is 0 Å². The van der Waals surface area contributed by atoms with Gasteiger partial charge < -0.3 is 16.3 Å². The third-order valence-corrected chi connectivity index (χ3v) is 1.73. The lowest BCUT2D eigenvalue weighted by molar-refractivity contribution is 0.0955. The van der Waals surface area contributed by atoms with Crippen molar-refractivity contribution in [2.75, 3.05) is 6.54 Å². The smallest absolute Gasteiger partial charge is 0.254 e. The van der Waals surface area contributed by atoms with Gasteiger partial charge >= 0.3 is 0 Å². The van der Waals surface area contributed by atoms with Crippen molar-refractivity contribution in [3.63, 3.8) is 0 Å². The Hall–Kier alpha value is -2.18. The summed E-state index contributed by atoms with van der Waals surface area (Å²) in [6, 6.07) is 2.56. The number of amides is 1. The summed E-state index contributed by atoms with van der Waals surface area (Å²) in [5, 5.41) is 13.0. The van der Waals surface area contributed by atoms with E-state index >= 15 is 0 Å². The van der Waals surface area contributed by atoms with Crippen molar-refractivity contribution in [3.05, 3.63) is 35.4 Å². The summed E-state index contributed by atoms with van der Waals surface area (Å²) in [6.07, 6.45) is 0. The van der Waals surface area contributed by atoms with E-state index in [-0.39, 0.29) is 17.9 Å². The number of halogens is 2. The van der Waals surface area contributed by atoms with Crippen LogP contribution in [0.2, 0.25) is 0 Å². The average molecular weight is 229 g/mol. The highest BCUT2D eigenvalue weighted by molar-refractivity contribution is 5.97. The maximum atomic E-state index is 13.1. The number of nitrogens with zero attached hydrogens (tertiary/aromatic N) is 1. The Bertz CT molecular complexity index is 435. The summed E-state index contributed by atoms with van der Waals surface area (Å²) in [6.45, 7) is -0.230. The summed E-state index contributed by atoms with van der Waals surface area (Å²) in [7, 11) is 0. The van der Waals surface area contributed by atoms with Gasteiger partial charge in [0.05, 0.1) is 12.1 Å². The van der Waals surface area contributed by atoms with Crippen molar-refractivity contribution in [1.29, 1.82) is 0 Å². The van der Waals surface area contributed by atoms with Crippen LogP contribution in [0.25, 0.3) is 0 Å². The summed E-state index contributed by atoms with van der Waals surface area (Å²) in [4.78, 5) is 11.3. The number of oxime groups is 1. The average Bonchev–Trinajstić information content (AvgIpc) is 2.25. The molecule has 0 unspecified atom stereocenters. The molecule has 0 aliphatic carbocycles. The summed E-state index contributed by atoms with van der Waals surface area (Å²) < 4.78 is 25.6. The standard InChI is InChI=1S/C9H9F2N3O2/c10-5-1-2-6(7(11)3-5)9(15)13-4-8(12)14-16/h1-3,16H,4H2,(H2,12,14)(H,13,15). The number of rotatable bonds is 3. The van der Waals surface area contributed by atoms with E-state index in [1.165, 1.54) is 0 Å². The highest BCUT2D eigenvalue weighted by Crippen LogP contribution is 2.08. The maximum absolute atomic E-state index is 13.1. The second kappa shape index (κ2) is 5.06. The minimum atomic E-state index is -0.975. The summed E-state index contributed by atoms with van der Waals surface area (Å²) >= 11 is 0. The van der Waals surface area contributed by atoms with Gasteiger partial charge in [0.15, 0.2) is 5.84 Å². The molecular weight excluding hydrogens is 220 g/mol. The molecule has 86 valence electrons. The minimum Gasteiger partial charge on any atom is -0.409 e. The van der Waals surface area contributed by atoms with Crippen molar-refractivity contribution in [2.45, 2.75) is 0 Å². The summed E-state index contributed by atoms with van der Waals surface area (Å²) in [5.74, 6) is -2.75. The van der Waals surface area contributed by atoms with Crippen molar-refractivity contribution in [2.24, 2.45) is 10.9 Å². The number of benzene rings is 1. The Morgan fingerprint density at radius 1 is 1.50 bits per heavy atom. The lowest BCUT2D eigenvalue weighted by Gasteiger charge is -2.04. The van der Waals surface area contributed by atoms with Crippen LogP contribution in [-0.4, -0.2) is 23.5 Å². The van der Waals surface area contributed by atoms with Crippen LogP contribution in [0.1, 0.15) is 10.4 Å². The van der Waals surface area contributed by atoms with Gasteiger partial charge in [0.1, 0.15) is 11.6 Å². The molecule has 0 bridgehead atoms. The number of hydrogen-bond acceptors (Lipinski definition) is 3. The lowest BCUT2D eigenvalue weighted by Crippen LogP contribution is -2.34. The van der Waals surface area contributed by atoms with Gasteiger partial charge in [-0.3, -0.25) is 4.79 Å². The van der Waals surface area contributed by atoms with E-state index in [1.54, 1.807) is 0 Å². The molecule has 0 saturated carbocycles. The SMILES string of the molecule is N/C(CNC(=O)c1ccc(F)cc1F)=N\O. The van der Waals surface area contributed by atoms with Crippen LogP contribution in [0, 0.1) is 11.6 Å². The highest BCUT2D eigenvalue weighted by atomic mass is 19.1. The minimum absolute atomic E-state index is 0.226. The van der Waals surface area contributed by atoms with Gasteiger partial charge in [0.25, 0.3) is 5.91 Å². The molecule has 7 heteroatoms. The number of carbonyl (C=O) groups is 1. The molecule has 5 nitrogen and oxygen atoms in total. The topological polar surface area (TPSA) is 87.7 Å². The van der Waals surface area contributed by atoms with Gasteiger partial charge in [-0.25, -0.2) is 8.78 Å². The van der Waals surface area contributed by atoms with E-state index in [1.807, 2.05) is 0 Å². The van der Waals surface area contributed by atoms with Gasteiger partial charge in [-0.2, -0.15) is 0 Å². The van der Waals surface area contributed by atoms with E-state index < -0.39 is 17.5 Å². The first kappa shape index (κ1) is 11.9. The maximum Gasteiger partial charge on any atom is 0.254 e. The zero-order valence-corrected chi connectivity index (χ0v) is 8.08. The Balaban J connectivity index is 2.74. The number of nitrogens with one attached hydrogen (secondary N) is 1. The van der Waals surface area contributed by atoms with Crippen LogP contribution in [0.3, 0.4) is 0 Å². The molecule has 0 spiro atoms. The fourth-order valence-electron chi connectivity index (χ4n) is 0.975. The van der Waals surface area contributed by atoms with Gasteiger partial charge in [0.2, 0.25) is 0 Å². The third-order valence-electron chi connectivity index (χ3n) is 1.73. The zero-order chi connectivity index (χ0) is 12.1. The third kappa shape index (κ3) is 2.91. The molecule has 1 aromatic rings. The Kier molecular flexibility index (Phi) is 3.76. The fourth-order valence-corrected chi connectivity index (χ4v) is 0.975. The number of nitrogens with two attached hydrogens (primary N) is 1. The van der Waals surface area contributed by atoms with Crippen LogP contribution in [0.15, 0.2) is 23.4 Å². The van der Waals surface area contributed by atoms with Crippen molar-refractivity contribution >= 4 is 11.7 Å². The Labute approximate surface area is 89.6 Å². The second-order valence-corrected chi connectivity index (χ2v) is 2.90. The molecule has 1 amide bonds. The van der Waals surface area contributed by atoms with Crippen LogP contribution in [0.5, 0.6) is 0 Å². The monoisotopic (exact) mass is 229 g/mol. The van der Waals surface area contributed by atoms with Crippen LogP contribution in [0.4, 0.5) is 8.78 Å². The lowest BCUT2D eigenvalue weighted by atomic mass is 10.2. The molecular formula is C9H9F2N3O2. The molecule has 1 aromatic carbocycles. The molecule has 0 aliphatic rings. The summed E-state index contributed by atoms with van der Waals surface area (Å²) in [5.41, 5.74) is 4.78. The van der Waals surface area contributed by atoms with E-state index in [0.717, 1.165) is 12.1 Å². The van der Waals surface area contributed by atoms with Crippen molar-refractivity contribution < 1.29 is 18.8 Å². The largest absolute Gasteiger partial charge is 0.409 e. The molecule has 0 aliphatic heterocycles. The van der Waals surface area contributed by atoms with E-state index in [4.69, 9.17) is 10.9 Å². The molecule has 0 aromatic heterocycles. The second-order valence-electron chi connectivity index (χ2n) is 2.90. The molecule has 4 N–H and O–H groups in total. The molecule has 0 heterocycles. The van der Waals surface area contributed by atoms with E-state index in [2.05, 4.69) is 10.5 Å². The van der Waals surface area contributed by atoms with E-state index in [9.17, 15) is 13.6 Å². The molecule has 0 fully saturated rings. The molecule has 0 atom stereocenters. The number of amidine groups is 1. The zero-order valence-electron chi connectivity index (χ0n) is 8.08. The molecule has 0 radical (unpaired) electrons. The number of carbonyl (C=O) groups excluding carboxylic acids is 1. The van der Waals surface area contributed by atoms with Gasteiger partial charge in [-0.05, 0) is 12.1 Å². The normalized spacial score (nSPS) is 11.2. The quantitative estimate of drug-likeness (QED) is 0.304. The highest BCUT2D eigenvalue weighted by Gasteiger charge is 2.12. The van der Waals surface area contributed by atoms with E-state index in [0.29, 0.717) is 6.07 Å². The van der Waals surface area contributed by atoms with Crippen molar-refractivity contribution in [1.82, 2.24) is 5.32 Å². The van der Waals surface area contributed by atoms with Crippen molar-refractivity contribution in [3.8, 4) is 0 Å².